The van der Waals surface area contributed by atoms with E-state index in [9.17, 15) is 4.79 Å². The first-order valence-electron chi connectivity index (χ1n) is 10.6. The number of carbonyl (C=O) groups excluding carboxylic acids is 1. The minimum Gasteiger partial charge on any atom is -0.333 e. The fourth-order valence-electron chi connectivity index (χ4n) is 3.89. The molecule has 3 aromatic carbocycles. The van der Waals surface area contributed by atoms with Crippen molar-refractivity contribution in [2.45, 2.75) is 6.17 Å². The number of thiocarbonyl (C=S) groups is 1. The van der Waals surface area contributed by atoms with Crippen molar-refractivity contribution in [1.82, 2.24) is 10.3 Å². The summed E-state index contributed by atoms with van der Waals surface area (Å²) in [6, 6.07) is 24.9. The van der Waals surface area contributed by atoms with Gasteiger partial charge in [0.2, 0.25) is 6.17 Å². The van der Waals surface area contributed by atoms with Gasteiger partial charge in [-0.3, -0.25) is 4.79 Å². The molecule has 4 aromatic rings. The molecule has 34 heavy (non-hydrogen) atoms. The number of amides is 1. The maximum Gasteiger partial charge on any atom is 0.272 e. The number of anilines is 2. The second-order valence-corrected chi connectivity index (χ2v) is 8.66. The molecule has 1 aromatic heterocycles. The first-order chi connectivity index (χ1) is 16.5. The fraction of sp³-hybridized carbons (Fsp3) is 0.0769. The van der Waals surface area contributed by atoms with E-state index in [1.54, 1.807) is 24.2 Å². The lowest BCUT2D eigenvalue weighted by Gasteiger charge is -2.22. The smallest absolute Gasteiger partial charge is 0.272 e. The van der Waals surface area contributed by atoms with Crippen molar-refractivity contribution in [2.75, 3.05) is 17.3 Å². The third-order valence-electron chi connectivity index (χ3n) is 5.59. The monoisotopic (exact) mass is 485 g/mol. The van der Waals surface area contributed by atoms with E-state index in [1.165, 1.54) is 0 Å². The molecule has 0 spiro atoms. The SMILES string of the molecule is CN1C(=O)C(NC(=S)Nc2cc3ccccc3cn2)N=C(c2ccccc2)c2cc(Cl)ccc21. The van der Waals surface area contributed by atoms with Crippen LogP contribution in [0, 0.1) is 0 Å². The lowest BCUT2D eigenvalue weighted by molar-refractivity contribution is -0.119. The van der Waals surface area contributed by atoms with Crippen molar-refractivity contribution in [3.63, 3.8) is 0 Å². The van der Waals surface area contributed by atoms with E-state index in [4.69, 9.17) is 28.8 Å². The normalized spacial score (nSPS) is 15.4. The molecule has 0 aliphatic carbocycles. The standard InChI is InChI=1S/C26H20ClN5OS/c1-32-21-12-11-19(27)14-20(21)23(16-7-3-2-4-8-16)30-24(25(32)33)31-26(34)29-22-13-17-9-5-6-10-18(17)15-28-22/h2-15,24H,1H3,(H2,28,29,31,34). The number of pyridine rings is 1. The Morgan fingerprint density at radius 2 is 1.74 bits per heavy atom. The minimum absolute atomic E-state index is 0.245. The average molecular weight is 486 g/mol. The molecule has 6 nitrogen and oxygen atoms in total. The zero-order chi connectivity index (χ0) is 23.7. The number of nitrogens with zero attached hydrogens (tertiary/aromatic N) is 3. The van der Waals surface area contributed by atoms with Crippen LogP contribution < -0.4 is 15.5 Å². The van der Waals surface area contributed by atoms with E-state index in [0.29, 0.717) is 16.6 Å². The molecule has 1 amide bonds. The van der Waals surface area contributed by atoms with Gasteiger partial charge in [0.1, 0.15) is 5.82 Å². The lowest BCUT2D eigenvalue weighted by atomic mass is 10.0. The van der Waals surface area contributed by atoms with E-state index in [2.05, 4.69) is 15.6 Å². The van der Waals surface area contributed by atoms with Crippen LogP contribution in [0.4, 0.5) is 11.5 Å². The number of nitrogens with one attached hydrogen (secondary N) is 2. The van der Waals surface area contributed by atoms with Gasteiger partial charge in [-0.2, -0.15) is 0 Å². The summed E-state index contributed by atoms with van der Waals surface area (Å²) >= 11 is 11.8. The average Bonchev–Trinajstić information content (AvgIpc) is 2.95. The number of carbonyl (C=O) groups is 1. The number of benzene rings is 3. The maximum atomic E-state index is 13.4. The van der Waals surface area contributed by atoms with E-state index < -0.39 is 6.17 Å². The molecule has 8 heteroatoms. The number of halogens is 1. The van der Waals surface area contributed by atoms with Gasteiger partial charge in [-0.15, -0.1) is 0 Å². The Labute approximate surface area is 207 Å². The number of likely N-dealkylation sites (N-methyl/N-ethyl adjacent to an activating group) is 1. The van der Waals surface area contributed by atoms with Crippen LogP contribution in [0.2, 0.25) is 5.02 Å². The van der Waals surface area contributed by atoms with Gasteiger partial charge in [0.15, 0.2) is 5.11 Å². The molecule has 0 radical (unpaired) electrons. The lowest BCUT2D eigenvalue weighted by Crippen LogP contribution is -2.47. The van der Waals surface area contributed by atoms with Gasteiger partial charge in [0.05, 0.1) is 11.4 Å². The molecule has 2 heterocycles. The molecular formula is C26H20ClN5OS. The third kappa shape index (κ3) is 4.35. The number of benzodiazepines with no additional fused rings is 1. The summed E-state index contributed by atoms with van der Waals surface area (Å²) in [5.74, 6) is 0.332. The highest BCUT2D eigenvalue weighted by atomic mass is 35.5. The Balaban J connectivity index is 1.48. The Morgan fingerprint density at radius 3 is 2.53 bits per heavy atom. The maximum absolute atomic E-state index is 13.4. The molecule has 0 bridgehead atoms. The summed E-state index contributed by atoms with van der Waals surface area (Å²) in [5.41, 5.74) is 3.02. The number of rotatable bonds is 3. The first-order valence-corrected chi connectivity index (χ1v) is 11.4. The van der Waals surface area contributed by atoms with Gasteiger partial charge in [-0.1, -0.05) is 66.2 Å². The fourth-order valence-corrected chi connectivity index (χ4v) is 4.28. The van der Waals surface area contributed by atoms with Gasteiger partial charge in [0, 0.05) is 34.8 Å². The second-order valence-electron chi connectivity index (χ2n) is 7.82. The third-order valence-corrected chi connectivity index (χ3v) is 6.04. The van der Waals surface area contributed by atoms with Crippen LogP contribution >= 0.6 is 23.8 Å². The highest BCUT2D eigenvalue weighted by molar-refractivity contribution is 7.80. The minimum atomic E-state index is -0.938. The van der Waals surface area contributed by atoms with Crippen molar-refractivity contribution in [2.24, 2.45) is 4.99 Å². The highest BCUT2D eigenvalue weighted by Gasteiger charge is 2.30. The molecule has 1 aliphatic heterocycles. The van der Waals surface area contributed by atoms with Gasteiger partial charge < -0.3 is 15.5 Å². The summed E-state index contributed by atoms with van der Waals surface area (Å²) in [5, 5.41) is 8.99. The largest absolute Gasteiger partial charge is 0.333 e. The van der Waals surface area contributed by atoms with Crippen LogP contribution in [0.25, 0.3) is 10.8 Å². The van der Waals surface area contributed by atoms with Gasteiger partial charge in [-0.25, -0.2) is 9.98 Å². The Bertz CT molecular complexity index is 1440. The van der Waals surface area contributed by atoms with Crippen LogP contribution in [-0.2, 0) is 4.79 Å². The summed E-state index contributed by atoms with van der Waals surface area (Å²) < 4.78 is 0. The zero-order valence-electron chi connectivity index (χ0n) is 18.2. The zero-order valence-corrected chi connectivity index (χ0v) is 19.8. The van der Waals surface area contributed by atoms with Crippen molar-refractivity contribution >= 4 is 62.8 Å². The molecule has 0 saturated carbocycles. The van der Waals surface area contributed by atoms with E-state index in [-0.39, 0.29) is 11.0 Å². The van der Waals surface area contributed by atoms with Gasteiger partial charge in [-0.05, 0) is 41.9 Å². The molecule has 0 saturated heterocycles. The molecule has 5 rings (SSSR count). The van der Waals surface area contributed by atoms with Crippen molar-refractivity contribution < 1.29 is 4.79 Å². The van der Waals surface area contributed by atoms with Crippen molar-refractivity contribution in [3.05, 3.63) is 101 Å². The number of fused-ring (bicyclic) bond motifs is 2. The number of aromatic nitrogens is 1. The van der Waals surface area contributed by atoms with Crippen LogP contribution in [0.3, 0.4) is 0 Å². The summed E-state index contributed by atoms with van der Waals surface area (Å²) in [6.07, 6.45) is 0.837. The van der Waals surface area contributed by atoms with Crippen molar-refractivity contribution in [3.8, 4) is 0 Å². The van der Waals surface area contributed by atoms with Crippen LogP contribution in [-0.4, -0.2) is 34.9 Å². The predicted molar refractivity (Wildman–Crippen MR) is 142 cm³/mol. The second kappa shape index (κ2) is 9.21. The number of aliphatic imine (C=N–C) groups is 1. The van der Waals surface area contributed by atoms with E-state index >= 15 is 0 Å². The number of hydrogen-bond donors (Lipinski definition) is 2. The molecule has 1 atom stereocenters. The summed E-state index contributed by atoms with van der Waals surface area (Å²) in [4.78, 5) is 24.1. The summed E-state index contributed by atoms with van der Waals surface area (Å²) in [6.45, 7) is 0. The van der Waals surface area contributed by atoms with Crippen LogP contribution in [0.15, 0.2) is 90.1 Å². The topological polar surface area (TPSA) is 69.6 Å². The quantitative estimate of drug-likeness (QED) is 0.399. The van der Waals surface area contributed by atoms with Gasteiger partial charge >= 0.3 is 0 Å². The Kier molecular flexibility index (Phi) is 5.96. The molecule has 2 N–H and O–H groups in total. The first kappa shape index (κ1) is 22.0. The predicted octanol–water partition coefficient (Wildman–Crippen LogP) is 5.01. The molecular weight excluding hydrogens is 466 g/mol. The molecule has 1 aliphatic rings. The number of hydrogen-bond acceptors (Lipinski definition) is 4. The van der Waals surface area contributed by atoms with E-state index in [0.717, 1.165) is 27.6 Å². The van der Waals surface area contributed by atoms with Crippen LogP contribution in [0.1, 0.15) is 11.1 Å². The Hall–Kier alpha value is -3.81. The molecule has 168 valence electrons. The highest BCUT2D eigenvalue weighted by Crippen LogP contribution is 2.30. The van der Waals surface area contributed by atoms with Crippen LogP contribution in [0.5, 0.6) is 0 Å². The van der Waals surface area contributed by atoms with Gasteiger partial charge in [0.25, 0.3) is 5.91 Å². The molecule has 0 fully saturated rings. The van der Waals surface area contributed by atoms with Crippen molar-refractivity contribution in [1.29, 1.82) is 0 Å². The van der Waals surface area contributed by atoms with E-state index in [1.807, 2.05) is 72.8 Å². The summed E-state index contributed by atoms with van der Waals surface area (Å²) in [7, 11) is 1.72. The Morgan fingerprint density at radius 1 is 1.00 bits per heavy atom. The molecule has 1 unspecified atom stereocenters.